The van der Waals surface area contributed by atoms with E-state index in [1.54, 1.807) is 59.0 Å². The highest BCUT2D eigenvalue weighted by atomic mass is 16.6. The minimum atomic E-state index is -0.625. The maximum atomic E-state index is 12.4. The van der Waals surface area contributed by atoms with Crippen LogP contribution in [-0.4, -0.2) is 62.3 Å². The lowest BCUT2D eigenvalue weighted by atomic mass is 10.2. The largest absolute Gasteiger partial charge is 0.482 e. The van der Waals surface area contributed by atoms with Crippen LogP contribution in [0.3, 0.4) is 0 Å². The summed E-state index contributed by atoms with van der Waals surface area (Å²) in [6.45, 7) is 7.01. The Bertz CT molecular complexity index is 651. The molecule has 0 spiro atoms. The molecule has 0 aromatic heterocycles. The van der Waals surface area contributed by atoms with Crippen LogP contribution in [0, 0.1) is 0 Å². The molecule has 0 bridgehead atoms. The second-order valence-electron chi connectivity index (χ2n) is 6.88. The van der Waals surface area contributed by atoms with Crippen LogP contribution < -0.4 is 9.64 Å². The second-order valence-corrected chi connectivity index (χ2v) is 6.88. The topological polar surface area (TPSA) is 85.4 Å². The monoisotopic (exact) mass is 380 g/mol. The number of carbonyl (C=O) groups is 3. The van der Waals surface area contributed by atoms with Crippen LogP contribution >= 0.6 is 0 Å². The maximum Gasteiger partial charge on any atom is 0.410 e. The summed E-state index contributed by atoms with van der Waals surface area (Å²) in [5, 5.41) is 0. The Labute approximate surface area is 160 Å². The number of esters is 1. The van der Waals surface area contributed by atoms with Crippen LogP contribution in [0.1, 0.15) is 27.7 Å². The van der Waals surface area contributed by atoms with Crippen molar-refractivity contribution < 1.29 is 28.6 Å². The van der Waals surface area contributed by atoms with Gasteiger partial charge in [-0.2, -0.15) is 0 Å². The molecule has 0 saturated heterocycles. The van der Waals surface area contributed by atoms with Gasteiger partial charge >= 0.3 is 12.1 Å². The number of anilines is 1. The van der Waals surface area contributed by atoms with Gasteiger partial charge in [0.05, 0.1) is 6.61 Å². The highest BCUT2D eigenvalue weighted by Gasteiger charge is 2.22. The zero-order valence-corrected chi connectivity index (χ0v) is 16.8. The van der Waals surface area contributed by atoms with E-state index in [0.29, 0.717) is 18.0 Å². The third-order valence-corrected chi connectivity index (χ3v) is 3.34. The Balaban J connectivity index is 2.60. The molecule has 0 radical (unpaired) electrons. The smallest absolute Gasteiger partial charge is 0.410 e. The molecule has 0 saturated carbocycles. The van der Waals surface area contributed by atoms with Gasteiger partial charge in [-0.3, -0.25) is 4.79 Å². The van der Waals surface area contributed by atoms with Crippen molar-refractivity contribution >= 4 is 23.7 Å². The summed E-state index contributed by atoms with van der Waals surface area (Å²) in [6.07, 6.45) is -0.563. The fraction of sp³-hybridized carbons (Fsp3) is 0.526. The van der Waals surface area contributed by atoms with Crippen molar-refractivity contribution in [2.45, 2.75) is 33.3 Å². The van der Waals surface area contributed by atoms with E-state index in [2.05, 4.69) is 0 Å². The third-order valence-electron chi connectivity index (χ3n) is 3.34. The lowest BCUT2D eigenvalue weighted by Gasteiger charge is -2.26. The molecule has 1 aromatic rings. The summed E-state index contributed by atoms with van der Waals surface area (Å²) < 4.78 is 15.3. The lowest BCUT2D eigenvalue weighted by Crippen LogP contribution is -2.41. The molecule has 0 aliphatic rings. The molecule has 0 aliphatic heterocycles. The molecule has 0 aliphatic carbocycles. The molecule has 8 nitrogen and oxygen atoms in total. The zero-order chi connectivity index (χ0) is 20.6. The molecule has 1 rings (SSSR count). The van der Waals surface area contributed by atoms with E-state index in [1.165, 1.54) is 16.8 Å². The van der Waals surface area contributed by atoms with Crippen LogP contribution in [0.2, 0.25) is 0 Å². The van der Waals surface area contributed by atoms with Gasteiger partial charge in [0, 0.05) is 19.8 Å². The van der Waals surface area contributed by atoms with Crippen LogP contribution in [0.15, 0.2) is 24.3 Å². The number of benzene rings is 1. The highest BCUT2D eigenvalue weighted by Crippen LogP contribution is 2.19. The number of likely N-dealkylation sites (N-methyl/N-ethyl adjacent to an activating group) is 2. The van der Waals surface area contributed by atoms with Crippen molar-refractivity contribution in [3.05, 3.63) is 24.3 Å². The fourth-order valence-electron chi connectivity index (χ4n) is 1.97. The van der Waals surface area contributed by atoms with Crippen LogP contribution in [0.4, 0.5) is 10.5 Å². The van der Waals surface area contributed by atoms with Crippen molar-refractivity contribution in [1.82, 2.24) is 4.90 Å². The molecule has 0 fully saturated rings. The molecule has 0 heterocycles. The van der Waals surface area contributed by atoms with E-state index in [1.807, 2.05) is 0 Å². The summed E-state index contributed by atoms with van der Waals surface area (Å²) in [5.41, 5.74) is 0.000672. The normalized spacial score (nSPS) is 10.7. The number of hydrogen-bond acceptors (Lipinski definition) is 6. The van der Waals surface area contributed by atoms with Gasteiger partial charge in [-0.05, 0) is 52.0 Å². The van der Waals surface area contributed by atoms with E-state index < -0.39 is 17.7 Å². The average Bonchev–Trinajstić information content (AvgIpc) is 2.58. The molecule has 1 aromatic carbocycles. The van der Waals surface area contributed by atoms with Gasteiger partial charge in [0.1, 0.15) is 17.9 Å². The number of ether oxygens (including phenoxy) is 3. The third kappa shape index (κ3) is 7.98. The Morgan fingerprint density at radius 2 is 1.63 bits per heavy atom. The van der Waals surface area contributed by atoms with Crippen molar-refractivity contribution in [1.29, 1.82) is 0 Å². The van der Waals surface area contributed by atoms with Gasteiger partial charge in [-0.15, -0.1) is 0 Å². The standard InChI is InChI=1S/C19H28N2O6/c1-7-25-17(23)13-26-15-10-8-14(9-11-15)21(6)16(22)12-20(5)18(24)27-19(2,3)4/h8-11H,7,12-13H2,1-6H3. The Morgan fingerprint density at radius 1 is 1.04 bits per heavy atom. The molecule has 0 N–H and O–H groups in total. The summed E-state index contributed by atoms with van der Waals surface area (Å²) in [7, 11) is 3.12. The van der Waals surface area contributed by atoms with Crippen molar-refractivity contribution in [2.75, 3.05) is 38.8 Å². The number of nitrogens with zero attached hydrogens (tertiary/aromatic N) is 2. The predicted molar refractivity (Wildman–Crippen MR) is 101 cm³/mol. The first-order valence-electron chi connectivity index (χ1n) is 8.62. The van der Waals surface area contributed by atoms with Gasteiger partial charge in [-0.25, -0.2) is 9.59 Å². The number of hydrogen-bond donors (Lipinski definition) is 0. The first-order valence-corrected chi connectivity index (χ1v) is 8.62. The molecule has 8 heteroatoms. The van der Waals surface area contributed by atoms with E-state index >= 15 is 0 Å². The molecule has 2 amide bonds. The SMILES string of the molecule is CCOC(=O)COc1ccc(N(C)C(=O)CN(C)C(=O)OC(C)(C)C)cc1. The quantitative estimate of drug-likeness (QED) is 0.676. The van der Waals surface area contributed by atoms with Gasteiger partial charge in [0.2, 0.25) is 5.91 Å². The molecular formula is C19H28N2O6. The van der Waals surface area contributed by atoms with Gasteiger partial charge in [-0.1, -0.05) is 0 Å². The summed E-state index contributed by atoms with van der Waals surface area (Å²) in [6, 6.07) is 6.67. The van der Waals surface area contributed by atoms with Gasteiger partial charge < -0.3 is 24.0 Å². The average molecular weight is 380 g/mol. The second kappa shape index (κ2) is 9.80. The molecule has 27 heavy (non-hydrogen) atoms. The summed E-state index contributed by atoms with van der Waals surface area (Å²) >= 11 is 0. The molecule has 0 atom stereocenters. The van der Waals surface area contributed by atoms with E-state index in [9.17, 15) is 14.4 Å². The molecular weight excluding hydrogens is 352 g/mol. The zero-order valence-electron chi connectivity index (χ0n) is 16.8. The minimum Gasteiger partial charge on any atom is -0.482 e. The fourth-order valence-corrected chi connectivity index (χ4v) is 1.97. The molecule has 0 unspecified atom stereocenters. The first-order chi connectivity index (χ1) is 12.5. The van der Waals surface area contributed by atoms with Crippen LogP contribution in [-0.2, 0) is 19.1 Å². The molecule has 150 valence electrons. The lowest BCUT2D eigenvalue weighted by molar-refractivity contribution is -0.145. The van der Waals surface area contributed by atoms with Crippen molar-refractivity contribution in [3.8, 4) is 5.75 Å². The maximum absolute atomic E-state index is 12.4. The van der Waals surface area contributed by atoms with Crippen molar-refractivity contribution in [2.24, 2.45) is 0 Å². The van der Waals surface area contributed by atoms with Gasteiger partial charge in [0.25, 0.3) is 0 Å². The number of rotatable bonds is 7. The highest BCUT2D eigenvalue weighted by molar-refractivity contribution is 5.95. The number of amides is 2. The van der Waals surface area contributed by atoms with E-state index in [0.717, 1.165) is 0 Å². The van der Waals surface area contributed by atoms with Crippen LogP contribution in [0.5, 0.6) is 5.75 Å². The first kappa shape index (κ1) is 22.3. The predicted octanol–water partition coefficient (Wildman–Crippen LogP) is 2.46. The Hall–Kier alpha value is -2.77. The summed E-state index contributed by atoms with van der Waals surface area (Å²) in [5.74, 6) is -0.235. The number of carbonyl (C=O) groups excluding carboxylic acids is 3. The van der Waals surface area contributed by atoms with Gasteiger partial charge in [0.15, 0.2) is 6.61 Å². The van der Waals surface area contributed by atoms with E-state index in [4.69, 9.17) is 14.2 Å². The Kier molecular flexibility index (Phi) is 8.08. The van der Waals surface area contributed by atoms with E-state index in [-0.39, 0.29) is 19.1 Å². The van der Waals surface area contributed by atoms with Crippen LogP contribution in [0.25, 0.3) is 0 Å². The minimum absolute atomic E-state index is 0.119. The Morgan fingerprint density at radius 3 is 2.15 bits per heavy atom. The van der Waals surface area contributed by atoms with Crippen molar-refractivity contribution in [3.63, 3.8) is 0 Å². The summed E-state index contributed by atoms with van der Waals surface area (Å²) in [4.78, 5) is 38.3.